The van der Waals surface area contributed by atoms with Crippen molar-refractivity contribution in [2.75, 3.05) is 48.1 Å². The first-order valence-electron chi connectivity index (χ1n) is 11.2. The fourth-order valence-corrected chi connectivity index (χ4v) is 3.83. The van der Waals surface area contributed by atoms with E-state index in [1.54, 1.807) is 28.4 Å². The van der Waals surface area contributed by atoms with Crippen LogP contribution in [-0.2, 0) is 9.53 Å². The van der Waals surface area contributed by atoms with Gasteiger partial charge in [-0.25, -0.2) is 0 Å². The Hall–Kier alpha value is -2.93. The molecule has 0 aliphatic rings. The number of allylic oxidation sites excluding steroid dienone is 1. The van der Waals surface area contributed by atoms with Gasteiger partial charge in [0.05, 0.1) is 45.8 Å². The largest absolute Gasteiger partial charge is 0.496 e. The molecule has 1 atom stereocenters. The molecule has 7 heteroatoms. The van der Waals surface area contributed by atoms with E-state index in [9.17, 15) is 4.79 Å². The zero-order valence-corrected chi connectivity index (χ0v) is 21.1. The monoisotopic (exact) mass is 459 g/mol. The van der Waals surface area contributed by atoms with Gasteiger partial charge in [0, 0.05) is 12.0 Å². The Morgan fingerprint density at radius 1 is 0.909 bits per heavy atom. The summed E-state index contributed by atoms with van der Waals surface area (Å²) in [5.41, 5.74) is 1.84. The second-order valence-corrected chi connectivity index (χ2v) is 7.88. The van der Waals surface area contributed by atoms with Gasteiger partial charge in [-0.3, -0.25) is 9.69 Å². The van der Waals surface area contributed by atoms with Crippen LogP contribution in [0.3, 0.4) is 0 Å². The van der Waals surface area contributed by atoms with Gasteiger partial charge in [0.1, 0.15) is 29.1 Å². The average molecular weight is 460 g/mol. The number of likely N-dealkylation sites (N-methyl/N-ethyl adjacent to an activating group) is 1. The SMILES string of the molecule is CCN(CC)CC(=O)O[C@@H](CC=C(C)C)c1cc(OC)c2c(OC)ccc(OC)c2c1OC. The summed E-state index contributed by atoms with van der Waals surface area (Å²) in [5.74, 6) is 2.09. The van der Waals surface area contributed by atoms with Crippen LogP contribution in [0.1, 0.15) is 45.8 Å². The van der Waals surface area contributed by atoms with Crippen molar-refractivity contribution in [3.63, 3.8) is 0 Å². The molecule has 182 valence electrons. The van der Waals surface area contributed by atoms with Crippen LogP contribution in [0.25, 0.3) is 10.8 Å². The predicted molar refractivity (Wildman–Crippen MR) is 131 cm³/mol. The number of hydrogen-bond donors (Lipinski definition) is 0. The van der Waals surface area contributed by atoms with Crippen LogP contribution < -0.4 is 18.9 Å². The van der Waals surface area contributed by atoms with Crippen molar-refractivity contribution < 1.29 is 28.5 Å². The summed E-state index contributed by atoms with van der Waals surface area (Å²) in [4.78, 5) is 14.9. The van der Waals surface area contributed by atoms with Crippen LogP contribution >= 0.6 is 0 Å². The zero-order valence-electron chi connectivity index (χ0n) is 21.1. The molecule has 0 heterocycles. The van der Waals surface area contributed by atoms with E-state index in [1.807, 2.05) is 56.9 Å². The first-order valence-corrected chi connectivity index (χ1v) is 11.2. The van der Waals surface area contributed by atoms with E-state index >= 15 is 0 Å². The van der Waals surface area contributed by atoms with Gasteiger partial charge in [0.25, 0.3) is 0 Å². The van der Waals surface area contributed by atoms with Gasteiger partial charge < -0.3 is 23.7 Å². The van der Waals surface area contributed by atoms with E-state index in [1.165, 1.54) is 0 Å². The third kappa shape index (κ3) is 6.11. The average Bonchev–Trinajstić information content (AvgIpc) is 2.82. The smallest absolute Gasteiger partial charge is 0.320 e. The van der Waals surface area contributed by atoms with E-state index < -0.39 is 6.10 Å². The molecule has 0 aromatic heterocycles. The lowest BCUT2D eigenvalue weighted by Crippen LogP contribution is -2.31. The summed E-state index contributed by atoms with van der Waals surface area (Å²) in [5, 5.41) is 1.44. The third-order valence-corrected chi connectivity index (χ3v) is 5.62. The molecule has 0 saturated heterocycles. The van der Waals surface area contributed by atoms with Crippen molar-refractivity contribution in [3.8, 4) is 23.0 Å². The highest BCUT2D eigenvalue weighted by Gasteiger charge is 2.27. The van der Waals surface area contributed by atoms with Crippen LogP contribution in [0.15, 0.2) is 29.8 Å². The van der Waals surface area contributed by atoms with Crippen LogP contribution in [-0.4, -0.2) is 58.9 Å². The van der Waals surface area contributed by atoms with Gasteiger partial charge in [-0.15, -0.1) is 0 Å². The van der Waals surface area contributed by atoms with Gasteiger partial charge in [-0.05, 0) is 45.1 Å². The topological polar surface area (TPSA) is 66.5 Å². The van der Waals surface area contributed by atoms with Crippen molar-refractivity contribution in [2.45, 2.75) is 40.2 Å². The molecule has 0 bridgehead atoms. The molecule has 0 aliphatic carbocycles. The number of fused-ring (bicyclic) bond motifs is 1. The lowest BCUT2D eigenvalue weighted by atomic mass is 9.97. The van der Waals surface area contributed by atoms with Crippen LogP contribution in [0.4, 0.5) is 0 Å². The Morgan fingerprint density at radius 3 is 1.97 bits per heavy atom. The van der Waals surface area contributed by atoms with E-state index in [-0.39, 0.29) is 12.5 Å². The van der Waals surface area contributed by atoms with E-state index in [0.29, 0.717) is 40.4 Å². The van der Waals surface area contributed by atoms with Gasteiger partial charge in [-0.2, -0.15) is 0 Å². The highest BCUT2D eigenvalue weighted by molar-refractivity contribution is 6.03. The van der Waals surface area contributed by atoms with Crippen molar-refractivity contribution >= 4 is 16.7 Å². The number of benzene rings is 2. The molecule has 0 aliphatic heterocycles. The molecule has 2 rings (SSSR count). The maximum absolute atomic E-state index is 12.8. The Labute approximate surface area is 197 Å². The summed E-state index contributed by atoms with van der Waals surface area (Å²) in [6.45, 7) is 9.84. The molecule has 0 N–H and O–H groups in total. The van der Waals surface area contributed by atoms with Gasteiger partial charge in [0.2, 0.25) is 0 Å². The standard InChI is InChI=1S/C26H37NO6/c1-9-27(10-2)16-23(28)33-19(12-11-17(3)4)18-15-22(31-7)24-20(29-5)13-14-21(30-6)25(24)26(18)32-8/h11,13-15,19H,9-10,12,16H2,1-8H3/t19-/m0/s1. The van der Waals surface area contributed by atoms with Crippen LogP contribution in [0, 0.1) is 0 Å². The third-order valence-electron chi connectivity index (χ3n) is 5.62. The molecule has 0 unspecified atom stereocenters. The number of ether oxygens (including phenoxy) is 5. The molecular weight excluding hydrogens is 422 g/mol. The van der Waals surface area contributed by atoms with Gasteiger partial charge in [0.15, 0.2) is 0 Å². The quantitative estimate of drug-likeness (QED) is 0.321. The number of carbonyl (C=O) groups excluding carboxylic acids is 1. The van der Waals surface area contributed by atoms with Crippen LogP contribution in [0.2, 0.25) is 0 Å². The molecule has 2 aromatic carbocycles. The first kappa shape index (κ1) is 26.3. The number of carbonyl (C=O) groups is 1. The summed E-state index contributed by atoms with van der Waals surface area (Å²) >= 11 is 0. The Balaban J connectivity index is 2.72. The maximum atomic E-state index is 12.8. The van der Waals surface area contributed by atoms with Crippen molar-refractivity contribution in [3.05, 3.63) is 35.4 Å². The number of nitrogens with zero attached hydrogens (tertiary/aromatic N) is 1. The molecule has 0 radical (unpaired) electrons. The lowest BCUT2D eigenvalue weighted by Gasteiger charge is -2.25. The Bertz CT molecular complexity index is 977. The van der Waals surface area contributed by atoms with E-state index in [2.05, 4.69) is 0 Å². The number of esters is 1. The predicted octanol–water partition coefficient (Wildman–Crippen LogP) is 5.16. The summed E-state index contributed by atoms with van der Waals surface area (Å²) < 4.78 is 28.9. The van der Waals surface area contributed by atoms with E-state index in [4.69, 9.17) is 23.7 Å². The minimum Gasteiger partial charge on any atom is -0.496 e. The number of rotatable bonds is 12. The fraction of sp³-hybridized carbons (Fsp3) is 0.500. The highest BCUT2D eigenvalue weighted by Crippen LogP contribution is 2.48. The minimum atomic E-state index is -0.563. The van der Waals surface area contributed by atoms with Gasteiger partial charge >= 0.3 is 5.97 Å². The molecule has 2 aromatic rings. The highest BCUT2D eigenvalue weighted by atomic mass is 16.5. The van der Waals surface area contributed by atoms with Crippen LogP contribution in [0.5, 0.6) is 23.0 Å². The van der Waals surface area contributed by atoms with E-state index in [0.717, 1.165) is 24.0 Å². The first-order chi connectivity index (χ1) is 15.8. The minimum absolute atomic E-state index is 0.225. The molecule has 0 amide bonds. The summed E-state index contributed by atoms with van der Waals surface area (Å²) in [7, 11) is 6.40. The fourth-order valence-electron chi connectivity index (χ4n) is 3.83. The molecule has 7 nitrogen and oxygen atoms in total. The summed E-state index contributed by atoms with van der Waals surface area (Å²) in [6.07, 6.45) is 1.99. The van der Waals surface area contributed by atoms with Crippen molar-refractivity contribution in [2.24, 2.45) is 0 Å². The molecule has 33 heavy (non-hydrogen) atoms. The zero-order chi connectivity index (χ0) is 24.5. The van der Waals surface area contributed by atoms with Gasteiger partial charge in [-0.1, -0.05) is 25.5 Å². The molecular formula is C26H37NO6. The van der Waals surface area contributed by atoms with Crippen molar-refractivity contribution in [1.29, 1.82) is 0 Å². The maximum Gasteiger partial charge on any atom is 0.320 e. The Kier molecular flexibility index (Phi) is 9.85. The lowest BCUT2D eigenvalue weighted by molar-refractivity contribution is -0.150. The molecule has 0 fully saturated rings. The second kappa shape index (κ2) is 12.3. The number of methoxy groups -OCH3 is 4. The number of hydrogen-bond acceptors (Lipinski definition) is 7. The summed E-state index contributed by atoms with van der Waals surface area (Å²) in [6, 6.07) is 5.51. The Morgan fingerprint density at radius 2 is 1.48 bits per heavy atom. The van der Waals surface area contributed by atoms with Crippen molar-refractivity contribution in [1.82, 2.24) is 4.90 Å². The second-order valence-electron chi connectivity index (χ2n) is 7.88. The molecule has 0 saturated carbocycles. The normalized spacial score (nSPS) is 11.8. The molecule has 0 spiro atoms.